The van der Waals surface area contributed by atoms with Crippen molar-refractivity contribution in [2.45, 2.75) is 19.8 Å². The molecule has 1 fully saturated rings. The molecule has 0 saturated carbocycles. The molecule has 0 bridgehead atoms. The predicted molar refractivity (Wildman–Crippen MR) is 69.5 cm³/mol. The van der Waals surface area contributed by atoms with Crippen molar-refractivity contribution in [3.05, 3.63) is 11.3 Å². The van der Waals surface area contributed by atoms with Crippen molar-refractivity contribution >= 4 is 5.82 Å². The number of nitrogens with zero attached hydrogens (tertiary/aromatic N) is 4. The molecule has 5 heteroatoms. The third-order valence-corrected chi connectivity index (χ3v) is 3.45. The lowest BCUT2D eigenvalue weighted by molar-refractivity contribution is 0.0575. The van der Waals surface area contributed by atoms with E-state index in [1.165, 1.54) is 6.42 Å². The van der Waals surface area contributed by atoms with E-state index in [0.717, 1.165) is 37.7 Å². The Hall–Kier alpha value is -1.54. The van der Waals surface area contributed by atoms with Gasteiger partial charge in [0.15, 0.2) is 0 Å². The summed E-state index contributed by atoms with van der Waals surface area (Å²) in [5, 5.41) is 13.5. The van der Waals surface area contributed by atoms with Crippen molar-refractivity contribution in [2.75, 3.05) is 31.7 Å². The second kappa shape index (κ2) is 5.40. The van der Waals surface area contributed by atoms with Gasteiger partial charge in [-0.25, -0.2) is 0 Å². The van der Waals surface area contributed by atoms with Crippen molar-refractivity contribution in [3.63, 3.8) is 0 Å². The summed E-state index contributed by atoms with van der Waals surface area (Å²) in [6, 6.07) is 2.25. The Bertz CT molecular complexity index is 454. The van der Waals surface area contributed by atoms with Gasteiger partial charge in [-0.05, 0) is 25.7 Å². The molecule has 5 nitrogen and oxygen atoms in total. The first-order valence-corrected chi connectivity index (χ1v) is 6.36. The molecule has 2 rings (SSSR count). The number of aromatic nitrogens is 2. The van der Waals surface area contributed by atoms with Crippen LogP contribution in [0.2, 0.25) is 0 Å². The number of anilines is 1. The molecule has 0 N–H and O–H groups in total. The Kier molecular flexibility index (Phi) is 3.87. The molecular formula is C13H20N4O. The lowest BCUT2D eigenvalue weighted by Gasteiger charge is -2.28. The van der Waals surface area contributed by atoms with Crippen LogP contribution in [0.15, 0.2) is 0 Å². The van der Waals surface area contributed by atoms with Crippen LogP contribution in [0.5, 0.6) is 0 Å². The molecule has 18 heavy (non-hydrogen) atoms. The van der Waals surface area contributed by atoms with Gasteiger partial charge < -0.3 is 9.64 Å². The van der Waals surface area contributed by atoms with E-state index in [2.05, 4.69) is 16.1 Å². The smallest absolute Gasteiger partial charge is 0.144 e. The molecule has 0 amide bonds. The monoisotopic (exact) mass is 248 g/mol. The molecule has 1 saturated heterocycles. The lowest BCUT2D eigenvalue weighted by Crippen LogP contribution is -2.32. The van der Waals surface area contributed by atoms with Crippen molar-refractivity contribution in [2.24, 2.45) is 13.0 Å². The largest absolute Gasteiger partial charge is 0.381 e. The van der Waals surface area contributed by atoms with Gasteiger partial charge in [-0.1, -0.05) is 0 Å². The number of hydrogen-bond donors (Lipinski definition) is 0. The number of aryl methyl sites for hydroxylation is 2. The van der Waals surface area contributed by atoms with Crippen LogP contribution in [0.4, 0.5) is 5.82 Å². The van der Waals surface area contributed by atoms with E-state index in [1.807, 2.05) is 21.0 Å². The molecule has 2 heterocycles. The van der Waals surface area contributed by atoms with Gasteiger partial charge in [0.25, 0.3) is 0 Å². The number of rotatable bonds is 3. The van der Waals surface area contributed by atoms with Crippen molar-refractivity contribution < 1.29 is 4.74 Å². The highest BCUT2D eigenvalue weighted by atomic mass is 16.5. The first kappa shape index (κ1) is 12.9. The summed E-state index contributed by atoms with van der Waals surface area (Å²) >= 11 is 0. The Balaban J connectivity index is 2.13. The summed E-state index contributed by atoms with van der Waals surface area (Å²) in [6.07, 6.45) is 2.33. The molecule has 1 atom stereocenters. The van der Waals surface area contributed by atoms with Gasteiger partial charge in [0.2, 0.25) is 0 Å². The fourth-order valence-electron chi connectivity index (χ4n) is 2.64. The van der Waals surface area contributed by atoms with Crippen LogP contribution in [0.1, 0.15) is 24.1 Å². The zero-order valence-corrected chi connectivity index (χ0v) is 11.3. The Labute approximate surface area is 108 Å². The fourth-order valence-corrected chi connectivity index (χ4v) is 2.64. The van der Waals surface area contributed by atoms with Gasteiger partial charge in [-0.2, -0.15) is 10.4 Å². The lowest BCUT2D eigenvalue weighted by atomic mass is 10.0. The Morgan fingerprint density at radius 1 is 1.61 bits per heavy atom. The van der Waals surface area contributed by atoms with Crippen LogP contribution in [0.3, 0.4) is 0 Å². The van der Waals surface area contributed by atoms with E-state index < -0.39 is 0 Å². The Morgan fingerprint density at radius 3 is 3.00 bits per heavy atom. The van der Waals surface area contributed by atoms with Gasteiger partial charge in [0.1, 0.15) is 17.5 Å². The highest BCUT2D eigenvalue weighted by molar-refractivity contribution is 5.56. The maximum atomic E-state index is 9.21. The Morgan fingerprint density at radius 2 is 2.39 bits per heavy atom. The van der Waals surface area contributed by atoms with Gasteiger partial charge >= 0.3 is 0 Å². The van der Waals surface area contributed by atoms with E-state index in [0.29, 0.717) is 11.5 Å². The topological polar surface area (TPSA) is 54.1 Å². The highest BCUT2D eigenvalue weighted by Gasteiger charge is 2.21. The SMILES string of the molecule is Cc1nn(C)c(N(C)CC2CCCOC2)c1C#N. The van der Waals surface area contributed by atoms with E-state index in [-0.39, 0.29) is 0 Å². The summed E-state index contributed by atoms with van der Waals surface area (Å²) in [4.78, 5) is 2.12. The van der Waals surface area contributed by atoms with Crippen LogP contribution >= 0.6 is 0 Å². The molecule has 98 valence electrons. The molecule has 0 radical (unpaired) electrons. The van der Waals surface area contributed by atoms with Gasteiger partial charge in [-0.15, -0.1) is 0 Å². The second-order valence-electron chi connectivity index (χ2n) is 4.98. The van der Waals surface area contributed by atoms with E-state index in [1.54, 1.807) is 4.68 Å². The van der Waals surface area contributed by atoms with Crippen LogP contribution in [0, 0.1) is 24.2 Å². The summed E-state index contributed by atoms with van der Waals surface area (Å²) in [5.74, 6) is 1.45. The van der Waals surface area contributed by atoms with Gasteiger partial charge in [-0.3, -0.25) is 4.68 Å². The molecule has 1 aromatic heterocycles. The minimum atomic E-state index is 0.547. The van der Waals surface area contributed by atoms with Crippen molar-refractivity contribution in [1.82, 2.24) is 9.78 Å². The first-order chi connectivity index (χ1) is 8.63. The van der Waals surface area contributed by atoms with Gasteiger partial charge in [0.05, 0.1) is 12.3 Å². The van der Waals surface area contributed by atoms with Gasteiger partial charge in [0, 0.05) is 27.2 Å². The molecule has 1 unspecified atom stereocenters. The molecule has 0 aliphatic carbocycles. The van der Waals surface area contributed by atoms with E-state index >= 15 is 0 Å². The van der Waals surface area contributed by atoms with Crippen molar-refractivity contribution in [3.8, 4) is 6.07 Å². The number of ether oxygens (including phenoxy) is 1. The van der Waals surface area contributed by atoms with E-state index in [4.69, 9.17) is 4.74 Å². The van der Waals surface area contributed by atoms with E-state index in [9.17, 15) is 5.26 Å². The van der Waals surface area contributed by atoms with Crippen LogP contribution in [-0.2, 0) is 11.8 Å². The average molecular weight is 248 g/mol. The highest BCUT2D eigenvalue weighted by Crippen LogP contribution is 2.23. The van der Waals surface area contributed by atoms with Crippen molar-refractivity contribution in [1.29, 1.82) is 5.26 Å². The second-order valence-corrected chi connectivity index (χ2v) is 4.98. The third-order valence-electron chi connectivity index (χ3n) is 3.45. The third kappa shape index (κ3) is 2.49. The molecule has 1 aliphatic rings. The quantitative estimate of drug-likeness (QED) is 0.812. The minimum absolute atomic E-state index is 0.547. The van der Waals surface area contributed by atoms with Crippen LogP contribution in [-0.4, -0.2) is 36.6 Å². The maximum absolute atomic E-state index is 9.21. The molecule has 1 aliphatic heterocycles. The van der Waals surface area contributed by atoms with Crippen LogP contribution < -0.4 is 4.90 Å². The average Bonchev–Trinajstić information content (AvgIpc) is 2.64. The summed E-state index contributed by atoms with van der Waals surface area (Å²) < 4.78 is 7.29. The molecular weight excluding hydrogens is 228 g/mol. The fraction of sp³-hybridized carbons (Fsp3) is 0.692. The number of nitriles is 1. The standard InChI is InChI=1S/C13H20N4O/c1-10-12(7-14)13(17(3)15-10)16(2)8-11-5-4-6-18-9-11/h11H,4-6,8-9H2,1-3H3. The zero-order chi connectivity index (χ0) is 13.1. The maximum Gasteiger partial charge on any atom is 0.144 e. The summed E-state index contributed by atoms with van der Waals surface area (Å²) in [6.45, 7) is 4.49. The number of hydrogen-bond acceptors (Lipinski definition) is 4. The summed E-state index contributed by atoms with van der Waals surface area (Å²) in [5.41, 5.74) is 1.47. The molecule has 1 aromatic rings. The summed E-state index contributed by atoms with van der Waals surface area (Å²) in [7, 11) is 3.91. The minimum Gasteiger partial charge on any atom is -0.381 e. The molecule has 0 spiro atoms. The zero-order valence-electron chi connectivity index (χ0n) is 11.3. The first-order valence-electron chi connectivity index (χ1n) is 6.36. The predicted octanol–water partition coefficient (Wildman–Crippen LogP) is 1.46. The molecule has 0 aromatic carbocycles. The van der Waals surface area contributed by atoms with Crippen LogP contribution in [0.25, 0.3) is 0 Å². The normalized spacial score (nSPS) is 19.6.